The average molecular weight is 140 g/mol. The largest absolute Gasteiger partial charge is 0.326 e. The predicted molar refractivity (Wildman–Crippen MR) is 43.8 cm³/mol. The summed E-state index contributed by atoms with van der Waals surface area (Å²) in [5.41, 5.74) is 5.86. The standard InChI is InChI=1S/C8H16N2/c1-2-4-7(9)8-5-3-6-10-8/h2,7-8,10H,1,3-6,9H2/t7-,8+/m0/s1. The van der Waals surface area contributed by atoms with Gasteiger partial charge in [0.25, 0.3) is 0 Å². The molecule has 0 saturated carbocycles. The maximum Gasteiger partial charge on any atom is 0.0229 e. The van der Waals surface area contributed by atoms with Gasteiger partial charge in [-0.1, -0.05) is 6.08 Å². The quantitative estimate of drug-likeness (QED) is 0.565. The minimum atomic E-state index is 0.278. The normalized spacial score (nSPS) is 28.3. The van der Waals surface area contributed by atoms with Gasteiger partial charge in [0.15, 0.2) is 0 Å². The van der Waals surface area contributed by atoms with E-state index in [1.165, 1.54) is 12.8 Å². The summed E-state index contributed by atoms with van der Waals surface area (Å²) in [6.45, 7) is 4.80. The molecule has 2 heteroatoms. The SMILES string of the molecule is C=CC[C@H](N)[C@H]1CCCN1. The second-order valence-electron chi connectivity index (χ2n) is 2.89. The Hall–Kier alpha value is -0.340. The van der Waals surface area contributed by atoms with E-state index in [0.29, 0.717) is 6.04 Å². The molecule has 0 amide bonds. The van der Waals surface area contributed by atoms with E-state index in [4.69, 9.17) is 5.73 Å². The van der Waals surface area contributed by atoms with Gasteiger partial charge >= 0.3 is 0 Å². The van der Waals surface area contributed by atoms with Crippen LogP contribution in [-0.4, -0.2) is 18.6 Å². The third-order valence-electron chi connectivity index (χ3n) is 2.05. The van der Waals surface area contributed by atoms with Gasteiger partial charge in [0.05, 0.1) is 0 Å². The summed E-state index contributed by atoms with van der Waals surface area (Å²) in [6, 6.07) is 0.818. The predicted octanol–water partition coefficient (Wildman–Crippen LogP) is 0.642. The van der Waals surface area contributed by atoms with Crippen molar-refractivity contribution in [3.05, 3.63) is 12.7 Å². The van der Waals surface area contributed by atoms with Crippen LogP contribution in [-0.2, 0) is 0 Å². The molecule has 1 aliphatic rings. The third-order valence-corrected chi connectivity index (χ3v) is 2.05. The fourth-order valence-electron chi connectivity index (χ4n) is 1.43. The molecule has 0 aromatic heterocycles. The van der Waals surface area contributed by atoms with Crippen molar-refractivity contribution in [3.8, 4) is 0 Å². The minimum absolute atomic E-state index is 0.278. The molecule has 1 saturated heterocycles. The lowest BCUT2D eigenvalue weighted by atomic mass is 10.0. The van der Waals surface area contributed by atoms with E-state index in [1.54, 1.807) is 0 Å². The Balaban J connectivity index is 2.24. The number of hydrogen-bond acceptors (Lipinski definition) is 2. The van der Waals surface area contributed by atoms with Crippen LogP contribution in [0.15, 0.2) is 12.7 Å². The van der Waals surface area contributed by atoms with Crippen LogP contribution >= 0.6 is 0 Å². The first-order valence-electron chi connectivity index (χ1n) is 3.94. The lowest BCUT2D eigenvalue weighted by Crippen LogP contribution is -2.40. The zero-order chi connectivity index (χ0) is 7.40. The van der Waals surface area contributed by atoms with Gasteiger partial charge < -0.3 is 11.1 Å². The van der Waals surface area contributed by atoms with Crippen molar-refractivity contribution in [1.82, 2.24) is 5.32 Å². The van der Waals surface area contributed by atoms with Crippen LogP contribution in [0.2, 0.25) is 0 Å². The lowest BCUT2D eigenvalue weighted by molar-refractivity contribution is 0.487. The fourth-order valence-corrected chi connectivity index (χ4v) is 1.43. The first-order valence-corrected chi connectivity index (χ1v) is 3.94. The Bertz CT molecular complexity index is 106. The van der Waals surface area contributed by atoms with E-state index in [1.807, 2.05) is 6.08 Å². The van der Waals surface area contributed by atoms with Crippen molar-refractivity contribution in [2.45, 2.75) is 31.3 Å². The van der Waals surface area contributed by atoms with Crippen LogP contribution < -0.4 is 11.1 Å². The Morgan fingerprint density at radius 1 is 1.80 bits per heavy atom. The summed E-state index contributed by atoms with van der Waals surface area (Å²) in [5, 5.41) is 3.37. The molecule has 0 aliphatic carbocycles. The molecule has 58 valence electrons. The van der Waals surface area contributed by atoms with E-state index >= 15 is 0 Å². The van der Waals surface area contributed by atoms with Gasteiger partial charge in [-0.3, -0.25) is 0 Å². The van der Waals surface area contributed by atoms with Crippen LogP contribution in [0.1, 0.15) is 19.3 Å². The topological polar surface area (TPSA) is 38.0 Å². The molecule has 1 aliphatic heterocycles. The van der Waals surface area contributed by atoms with Crippen LogP contribution in [0.25, 0.3) is 0 Å². The molecule has 2 nitrogen and oxygen atoms in total. The third kappa shape index (κ3) is 1.82. The smallest absolute Gasteiger partial charge is 0.0229 e. The first-order chi connectivity index (χ1) is 4.84. The van der Waals surface area contributed by atoms with E-state index in [-0.39, 0.29) is 6.04 Å². The Kier molecular flexibility index (Phi) is 2.90. The number of hydrogen-bond donors (Lipinski definition) is 2. The Labute approximate surface area is 62.5 Å². The second-order valence-corrected chi connectivity index (χ2v) is 2.89. The van der Waals surface area contributed by atoms with Crippen molar-refractivity contribution < 1.29 is 0 Å². The minimum Gasteiger partial charge on any atom is -0.326 e. The molecule has 1 heterocycles. The highest BCUT2D eigenvalue weighted by atomic mass is 15.0. The molecule has 2 atom stereocenters. The van der Waals surface area contributed by atoms with E-state index in [0.717, 1.165) is 13.0 Å². The summed E-state index contributed by atoms with van der Waals surface area (Å²) in [4.78, 5) is 0. The summed E-state index contributed by atoms with van der Waals surface area (Å²) in [5.74, 6) is 0. The number of nitrogens with two attached hydrogens (primary N) is 1. The van der Waals surface area contributed by atoms with Gasteiger partial charge in [-0.05, 0) is 25.8 Å². The van der Waals surface area contributed by atoms with Crippen LogP contribution in [0, 0.1) is 0 Å². The highest BCUT2D eigenvalue weighted by molar-refractivity contribution is 4.88. The molecule has 1 rings (SSSR count). The molecule has 0 bridgehead atoms. The van der Waals surface area contributed by atoms with Crippen LogP contribution in [0.3, 0.4) is 0 Å². The molecular weight excluding hydrogens is 124 g/mol. The summed E-state index contributed by atoms with van der Waals surface area (Å²) >= 11 is 0. The van der Waals surface area contributed by atoms with E-state index < -0.39 is 0 Å². The zero-order valence-electron chi connectivity index (χ0n) is 6.34. The number of nitrogens with one attached hydrogen (secondary N) is 1. The van der Waals surface area contributed by atoms with Crippen molar-refractivity contribution >= 4 is 0 Å². The molecule has 0 unspecified atom stereocenters. The van der Waals surface area contributed by atoms with Crippen molar-refractivity contribution in [1.29, 1.82) is 0 Å². The molecule has 0 aromatic carbocycles. The van der Waals surface area contributed by atoms with E-state index in [2.05, 4.69) is 11.9 Å². The molecular formula is C8H16N2. The van der Waals surface area contributed by atoms with Crippen LogP contribution in [0.4, 0.5) is 0 Å². The van der Waals surface area contributed by atoms with Crippen molar-refractivity contribution in [3.63, 3.8) is 0 Å². The van der Waals surface area contributed by atoms with Gasteiger partial charge in [-0.2, -0.15) is 0 Å². The average Bonchev–Trinajstić information content (AvgIpc) is 2.38. The van der Waals surface area contributed by atoms with Gasteiger partial charge in [-0.25, -0.2) is 0 Å². The van der Waals surface area contributed by atoms with Crippen molar-refractivity contribution in [2.24, 2.45) is 5.73 Å². The zero-order valence-corrected chi connectivity index (χ0v) is 6.34. The monoisotopic (exact) mass is 140 g/mol. The maximum absolute atomic E-state index is 5.86. The van der Waals surface area contributed by atoms with Gasteiger partial charge in [0.1, 0.15) is 0 Å². The molecule has 0 radical (unpaired) electrons. The Morgan fingerprint density at radius 3 is 3.10 bits per heavy atom. The molecule has 0 aromatic rings. The van der Waals surface area contributed by atoms with Crippen LogP contribution in [0.5, 0.6) is 0 Å². The van der Waals surface area contributed by atoms with Crippen molar-refractivity contribution in [2.75, 3.05) is 6.54 Å². The van der Waals surface area contributed by atoms with Gasteiger partial charge in [0, 0.05) is 12.1 Å². The lowest BCUT2D eigenvalue weighted by Gasteiger charge is -2.16. The highest BCUT2D eigenvalue weighted by Crippen LogP contribution is 2.09. The van der Waals surface area contributed by atoms with Gasteiger partial charge in [0.2, 0.25) is 0 Å². The highest BCUT2D eigenvalue weighted by Gasteiger charge is 2.19. The summed E-state index contributed by atoms with van der Waals surface area (Å²) < 4.78 is 0. The maximum atomic E-state index is 5.86. The number of rotatable bonds is 3. The molecule has 3 N–H and O–H groups in total. The Morgan fingerprint density at radius 2 is 2.60 bits per heavy atom. The first kappa shape index (κ1) is 7.76. The molecule has 0 spiro atoms. The van der Waals surface area contributed by atoms with E-state index in [9.17, 15) is 0 Å². The van der Waals surface area contributed by atoms with Gasteiger partial charge in [-0.15, -0.1) is 6.58 Å². The molecule has 10 heavy (non-hydrogen) atoms. The summed E-state index contributed by atoms with van der Waals surface area (Å²) in [6.07, 6.45) is 5.33. The second kappa shape index (κ2) is 3.74. The molecule has 1 fully saturated rings. The fraction of sp³-hybridized carbons (Fsp3) is 0.750. The summed E-state index contributed by atoms with van der Waals surface area (Å²) in [7, 11) is 0.